The van der Waals surface area contributed by atoms with E-state index in [-0.39, 0.29) is 18.2 Å². The van der Waals surface area contributed by atoms with Crippen LogP contribution in [-0.2, 0) is 17.8 Å². The third-order valence-electron chi connectivity index (χ3n) is 9.23. The zero-order valence-corrected chi connectivity index (χ0v) is 23.4. The largest absolute Gasteiger partial charge is 0.488 e. The lowest BCUT2D eigenvalue weighted by Gasteiger charge is -2.47. The van der Waals surface area contributed by atoms with Gasteiger partial charge in [0.1, 0.15) is 17.9 Å². The van der Waals surface area contributed by atoms with Crippen LogP contribution in [0.25, 0.3) is 21.7 Å². The molecule has 208 valence electrons. The molecule has 1 saturated carbocycles. The van der Waals surface area contributed by atoms with Gasteiger partial charge in [0.2, 0.25) is 5.91 Å². The molecule has 6 nitrogen and oxygen atoms in total. The molecule has 1 saturated heterocycles. The van der Waals surface area contributed by atoms with E-state index in [2.05, 4.69) is 30.3 Å². The normalized spacial score (nSPS) is 21.0. The van der Waals surface area contributed by atoms with Crippen molar-refractivity contribution in [2.24, 2.45) is 5.92 Å². The van der Waals surface area contributed by atoms with Gasteiger partial charge in [0.15, 0.2) is 0 Å². The Balaban J connectivity index is 1.15. The SMILES string of the molecule is Cc1c(CCC(=O)N2CCC3(O)CCCCC3C2)c(=O)oc2c(C)c(OCc3ccc4ccccc4c3)ccc12. The maximum absolute atomic E-state index is 13.1. The number of aliphatic hydroxyl groups is 1. The van der Waals surface area contributed by atoms with Gasteiger partial charge < -0.3 is 19.2 Å². The summed E-state index contributed by atoms with van der Waals surface area (Å²) >= 11 is 0. The van der Waals surface area contributed by atoms with Crippen LogP contribution in [0.5, 0.6) is 5.75 Å². The van der Waals surface area contributed by atoms with Gasteiger partial charge in [-0.25, -0.2) is 4.79 Å². The minimum Gasteiger partial charge on any atom is -0.488 e. The smallest absolute Gasteiger partial charge is 0.339 e. The van der Waals surface area contributed by atoms with E-state index in [4.69, 9.17) is 9.15 Å². The first-order valence-corrected chi connectivity index (χ1v) is 14.5. The Bertz CT molecular complexity index is 1640. The molecule has 2 aliphatic rings. The summed E-state index contributed by atoms with van der Waals surface area (Å²) in [4.78, 5) is 28.0. The van der Waals surface area contributed by atoms with Crippen LogP contribution in [0.2, 0.25) is 0 Å². The van der Waals surface area contributed by atoms with Crippen molar-refractivity contribution in [3.05, 3.63) is 87.3 Å². The van der Waals surface area contributed by atoms with Crippen LogP contribution in [0, 0.1) is 19.8 Å². The first kappa shape index (κ1) is 26.6. The number of hydrogen-bond acceptors (Lipinski definition) is 5. The van der Waals surface area contributed by atoms with Gasteiger partial charge in [-0.3, -0.25) is 4.79 Å². The highest BCUT2D eigenvalue weighted by Gasteiger charge is 2.43. The molecule has 2 fully saturated rings. The molecule has 2 unspecified atom stereocenters. The Morgan fingerprint density at radius 1 is 1.05 bits per heavy atom. The minimum absolute atomic E-state index is 0.0418. The van der Waals surface area contributed by atoms with E-state index in [1.807, 2.05) is 43.0 Å². The molecule has 1 aliphatic heterocycles. The summed E-state index contributed by atoms with van der Waals surface area (Å²) < 4.78 is 12.0. The first-order valence-electron chi connectivity index (χ1n) is 14.5. The number of carbonyl (C=O) groups is 1. The van der Waals surface area contributed by atoms with Crippen molar-refractivity contribution in [3.63, 3.8) is 0 Å². The van der Waals surface area contributed by atoms with Gasteiger partial charge in [0.05, 0.1) is 5.60 Å². The third-order valence-corrected chi connectivity index (χ3v) is 9.23. The second-order valence-corrected chi connectivity index (χ2v) is 11.7. The van der Waals surface area contributed by atoms with E-state index in [9.17, 15) is 14.7 Å². The van der Waals surface area contributed by atoms with Gasteiger partial charge >= 0.3 is 5.63 Å². The van der Waals surface area contributed by atoms with Crippen molar-refractivity contribution in [1.29, 1.82) is 0 Å². The summed E-state index contributed by atoms with van der Waals surface area (Å²) in [6.07, 6.45) is 5.23. The maximum atomic E-state index is 13.1. The van der Waals surface area contributed by atoms with Crippen molar-refractivity contribution in [2.45, 2.75) is 71.0 Å². The van der Waals surface area contributed by atoms with E-state index in [1.165, 1.54) is 10.8 Å². The standard InChI is InChI=1S/C34H37NO5/c1-22-28-12-14-30(39-21-24-10-11-25-7-3-4-8-26(25)19-24)23(2)32(28)40-33(37)29(22)13-15-31(36)35-18-17-34(38)16-6-5-9-27(34)20-35/h3-4,7-8,10-12,14,19,27,38H,5-6,9,13,15-18,20-21H2,1-2H3. The van der Waals surface area contributed by atoms with E-state index < -0.39 is 11.2 Å². The predicted octanol–water partition coefficient (Wildman–Crippen LogP) is 6.23. The summed E-state index contributed by atoms with van der Waals surface area (Å²) in [6, 6.07) is 18.4. The number of aryl methyl sites for hydroxylation is 2. The molecule has 1 aromatic heterocycles. The van der Waals surface area contributed by atoms with Crippen molar-refractivity contribution in [2.75, 3.05) is 13.1 Å². The number of amides is 1. The van der Waals surface area contributed by atoms with Crippen molar-refractivity contribution in [1.82, 2.24) is 4.90 Å². The molecule has 2 heterocycles. The lowest BCUT2D eigenvalue weighted by atomic mass is 9.71. The molecule has 0 radical (unpaired) electrons. The number of benzene rings is 3. The van der Waals surface area contributed by atoms with E-state index in [1.54, 1.807) is 0 Å². The van der Waals surface area contributed by atoms with Crippen molar-refractivity contribution < 1.29 is 19.1 Å². The minimum atomic E-state index is -0.610. The number of carbonyl (C=O) groups excluding carboxylic acids is 1. The Morgan fingerprint density at radius 2 is 1.88 bits per heavy atom. The fourth-order valence-electron chi connectivity index (χ4n) is 6.69. The highest BCUT2D eigenvalue weighted by atomic mass is 16.5. The van der Waals surface area contributed by atoms with Gasteiger partial charge in [0.25, 0.3) is 0 Å². The summed E-state index contributed by atoms with van der Waals surface area (Å²) in [6.45, 7) is 5.44. The fourth-order valence-corrected chi connectivity index (χ4v) is 6.69. The van der Waals surface area contributed by atoms with Crippen LogP contribution in [0.1, 0.15) is 60.8 Å². The summed E-state index contributed by atoms with van der Waals surface area (Å²) in [7, 11) is 0. The van der Waals surface area contributed by atoms with Crippen LogP contribution in [0.3, 0.4) is 0 Å². The van der Waals surface area contributed by atoms with Gasteiger partial charge in [-0.15, -0.1) is 0 Å². The monoisotopic (exact) mass is 539 g/mol. The van der Waals surface area contributed by atoms with Crippen molar-refractivity contribution >= 4 is 27.6 Å². The molecular formula is C34H37NO5. The number of rotatable bonds is 6. The number of fused-ring (bicyclic) bond motifs is 3. The molecule has 2 atom stereocenters. The first-order chi connectivity index (χ1) is 19.3. The topological polar surface area (TPSA) is 80.0 Å². The summed E-state index contributed by atoms with van der Waals surface area (Å²) in [5, 5.41) is 14.2. The quantitative estimate of drug-likeness (QED) is 0.294. The second-order valence-electron chi connectivity index (χ2n) is 11.7. The van der Waals surface area contributed by atoms with E-state index in [0.717, 1.165) is 47.8 Å². The second kappa shape index (κ2) is 10.7. The van der Waals surface area contributed by atoms with E-state index in [0.29, 0.717) is 49.4 Å². The molecule has 1 N–H and O–H groups in total. The zero-order valence-electron chi connectivity index (χ0n) is 23.4. The van der Waals surface area contributed by atoms with Gasteiger partial charge in [-0.1, -0.05) is 49.2 Å². The van der Waals surface area contributed by atoms with Crippen LogP contribution < -0.4 is 10.4 Å². The fraction of sp³-hybridized carbons (Fsp3) is 0.412. The summed E-state index contributed by atoms with van der Waals surface area (Å²) in [5.41, 5.74) is 2.78. The number of likely N-dealkylation sites (tertiary alicyclic amines) is 1. The van der Waals surface area contributed by atoms with Crippen LogP contribution in [-0.4, -0.2) is 34.6 Å². The average Bonchev–Trinajstić information content (AvgIpc) is 2.96. The number of nitrogens with zero attached hydrogens (tertiary/aromatic N) is 1. The van der Waals surface area contributed by atoms with Crippen LogP contribution in [0.4, 0.5) is 0 Å². The maximum Gasteiger partial charge on any atom is 0.339 e. The molecule has 6 heteroatoms. The number of hydrogen-bond donors (Lipinski definition) is 1. The Hall–Kier alpha value is -3.64. The lowest BCUT2D eigenvalue weighted by molar-refractivity contribution is -0.143. The highest BCUT2D eigenvalue weighted by Crippen LogP contribution is 2.40. The Kier molecular flexibility index (Phi) is 7.13. The van der Waals surface area contributed by atoms with Gasteiger partial charge in [0, 0.05) is 41.9 Å². The van der Waals surface area contributed by atoms with Gasteiger partial charge in [-0.05, 0) is 79.6 Å². The average molecular weight is 540 g/mol. The molecule has 1 aliphatic carbocycles. The predicted molar refractivity (Wildman–Crippen MR) is 157 cm³/mol. The molecule has 6 rings (SSSR count). The Labute approximate surface area is 234 Å². The van der Waals surface area contributed by atoms with Crippen LogP contribution >= 0.6 is 0 Å². The molecule has 0 bridgehead atoms. The molecular weight excluding hydrogens is 502 g/mol. The van der Waals surface area contributed by atoms with Crippen LogP contribution in [0.15, 0.2) is 63.8 Å². The Morgan fingerprint density at radius 3 is 2.73 bits per heavy atom. The molecule has 40 heavy (non-hydrogen) atoms. The molecule has 0 spiro atoms. The summed E-state index contributed by atoms with van der Waals surface area (Å²) in [5.74, 6) is 0.881. The molecule has 4 aromatic rings. The third kappa shape index (κ3) is 5.01. The number of ether oxygens (including phenoxy) is 1. The van der Waals surface area contributed by atoms with Crippen molar-refractivity contribution in [3.8, 4) is 5.75 Å². The number of piperidine rings is 1. The lowest BCUT2D eigenvalue weighted by Crippen LogP contribution is -2.54. The zero-order chi connectivity index (χ0) is 27.9. The molecule has 3 aromatic carbocycles. The van der Waals surface area contributed by atoms with Gasteiger partial charge in [-0.2, -0.15) is 0 Å². The molecule has 1 amide bonds. The highest BCUT2D eigenvalue weighted by molar-refractivity contribution is 5.86. The van der Waals surface area contributed by atoms with E-state index >= 15 is 0 Å².